The van der Waals surface area contributed by atoms with E-state index in [1.54, 1.807) is 0 Å². The van der Waals surface area contributed by atoms with E-state index >= 15 is 0 Å². The number of benzene rings is 2. The smallest absolute Gasteiger partial charge is 0.155 e. The maximum Gasteiger partial charge on any atom is 0.155 e. The Balaban J connectivity index is 2.34. The molecular weight excluding hydrogens is 495 g/mol. The summed E-state index contributed by atoms with van der Waals surface area (Å²) in [6, 6.07) is 14.2. The summed E-state index contributed by atoms with van der Waals surface area (Å²) in [6.45, 7) is 8.88. The molecule has 2 aromatic carbocycles. The Morgan fingerprint density at radius 3 is 2.50 bits per heavy atom. The van der Waals surface area contributed by atoms with E-state index in [-0.39, 0.29) is 6.61 Å². The highest BCUT2D eigenvalue weighted by molar-refractivity contribution is 6.32. The van der Waals surface area contributed by atoms with Gasteiger partial charge in [0.1, 0.15) is 12.7 Å². The number of rotatable bonds is 12. The normalized spacial score (nSPS) is 12.9. The van der Waals surface area contributed by atoms with Gasteiger partial charge in [-0.15, -0.1) is 16.8 Å². The molecule has 2 rings (SSSR count). The van der Waals surface area contributed by atoms with E-state index in [0.29, 0.717) is 28.8 Å². The summed E-state index contributed by atoms with van der Waals surface area (Å²) in [4.78, 5) is 4.59. The maximum atomic E-state index is 9.66. The second-order valence-corrected chi connectivity index (χ2v) is 9.44. The number of nitrogens with zero attached hydrogens (tertiary/aromatic N) is 3. The third-order valence-corrected chi connectivity index (χ3v) is 6.20. The molecule has 0 aromatic heterocycles. The first-order valence-electron chi connectivity index (χ1n) is 11.8. The van der Waals surface area contributed by atoms with Gasteiger partial charge in [0.25, 0.3) is 0 Å². The van der Waals surface area contributed by atoms with Crippen molar-refractivity contribution in [1.82, 2.24) is 10.6 Å². The largest absolute Gasteiger partial charge is 0.489 e. The predicted molar refractivity (Wildman–Crippen MR) is 149 cm³/mol. The molecule has 0 aliphatic heterocycles. The van der Waals surface area contributed by atoms with Gasteiger partial charge in [0.15, 0.2) is 5.75 Å². The maximum absolute atomic E-state index is 9.66. The number of allylic oxidation sites excluding steroid dienone is 3. The molecule has 0 unspecified atom stereocenters. The quantitative estimate of drug-likeness (QED) is 0.181. The lowest BCUT2D eigenvalue weighted by Crippen LogP contribution is -2.32. The van der Waals surface area contributed by atoms with Crippen LogP contribution in [0.3, 0.4) is 0 Å². The van der Waals surface area contributed by atoms with Gasteiger partial charge in [-0.2, -0.15) is 5.26 Å². The number of hydroxylamine groups is 1. The SMILES string of the molecule is C\C=C(CNN(C)O)/N=C/C(=C/CC)c1ccc(C(C)(C)c2cc(Cl)c(OCCCl)c(C#N)c2)cc1. The molecule has 0 atom stereocenters. The Hall–Kier alpha value is -2.66. The Morgan fingerprint density at radius 2 is 1.94 bits per heavy atom. The number of alkyl halides is 1. The summed E-state index contributed by atoms with van der Waals surface area (Å²) in [6.07, 6.45) is 6.73. The lowest BCUT2D eigenvalue weighted by atomic mass is 9.77. The van der Waals surface area contributed by atoms with Crippen molar-refractivity contribution in [3.05, 3.63) is 81.5 Å². The van der Waals surface area contributed by atoms with E-state index in [1.807, 2.05) is 31.3 Å². The van der Waals surface area contributed by atoms with Gasteiger partial charge in [-0.3, -0.25) is 10.2 Å². The second-order valence-electron chi connectivity index (χ2n) is 8.65. The van der Waals surface area contributed by atoms with Crippen LogP contribution in [0.5, 0.6) is 5.75 Å². The van der Waals surface area contributed by atoms with Crippen molar-refractivity contribution in [2.24, 2.45) is 4.99 Å². The first-order valence-corrected chi connectivity index (χ1v) is 12.7. The van der Waals surface area contributed by atoms with Crippen molar-refractivity contribution in [3.63, 3.8) is 0 Å². The zero-order valence-corrected chi connectivity index (χ0v) is 23.0. The first kappa shape index (κ1) is 29.6. The summed E-state index contributed by atoms with van der Waals surface area (Å²) >= 11 is 12.2. The van der Waals surface area contributed by atoms with Crippen LogP contribution in [0.25, 0.3) is 5.57 Å². The molecule has 2 N–H and O–H groups in total. The molecule has 192 valence electrons. The molecule has 0 heterocycles. The van der Waals surface area contributed by atoms with Crippen molar-refractivity contribution in [2.75, 3.05) is 26.1 Å². The molecule has 0 saturated heterocycles. The highest BCUT2D eigenvalue weighted by Gasteiger charge is 2.26. The zero-order valence-electron chi connectivity index (χ0n) is 21.5. The predicted octanol–water partition coefficient (Wildman–Crippen LogP) is 6.75. The van der Waals surface area contributed by atoms with Crippen LogP contribution in [0.2, 0.25) is 5.02 Å². The average Bonchev–Trinajstić information content (AvgIpc) is 2.86. The number of aliphatic imine (C=N–C) groups is 1. The second kappa shape index (κ2) is 14.2. The molecule has 6 nitrogen and oxygen atoms in total. The number of hydrogen-bond donors (Lipinski definition) is 2. The van der Waals surface area contributed by atoms with Gasteiger partial charge < -0.3 is 4.74 Å². The van der Waals surface area contributed by atoms with E-state index in [2.05, 4.69) is 67.6 Å². The summed E-state index contributed by atoms with van der Waals surface area (Å²) in [5.41, 5.74) is 7.64. The lowest BCUT2D eigenvalue weighted by molar-refractivity contribution is -0.109. The molecule has 0 radical (unpaired) electrons. The number of nitriles is 1. The van der Waals surface area contributed by atoms with Crippen LogP contribution in [-0.2, 0) is 5.41 Å². The van der Waals surface area contributed by atoms with Crippen LogP contribution in [0.15, 0.2) is 59.2 Å². The topological polar surface area (TPSA) is 80.9 Å². The van der Waals surface area contributed by atoms with Crippen LogP contribution in [0, 0.1) is 11.3 Å². The van der Waals surface area contributed by atoms with Crippen molar-refractivity contribution < 1.29 is 9.94 Å². The van der Waals surface area contributed by atoms with E-state index < -0.39 is 5.41 Å². The van der Waals surface area contributed by atoms with E-state index in [0.717, 1.165) is 39.6 Å². The van der Waals surface area contributed by atoms with Gasteiger partial charge in [0, 0.05) is 18.7 Å². The Morgan fingerprint density at radius 1 is 1.25 bits per heavy atom. The highest BCUT2D eigenvalue weighted by atomic mass is 35.5. The first-order chi connectivity index (χ1) is 17.2. The van der Waals surface area contributed by atoms with Crippen LogP contribution in [0.1, 0.15) is 56.4 Å². The van der Waals surface area contributed by atoms with E-state index in [1.165, 1.54) is 7.05 Å². The highest BCUT2D eigenvalue weighted by Crippen LogP contribution is 2.38. The lowest BCUT2D eigenvalue weighted by Gasteiger charge is -2.27. The molecule has 36 heavy (non-hydrogen) atoms. The van der Waals surface area contributed by atoms with Crippen LogP contribution in [-0.4, -0.2) is 42.7 Å². The molecule has 0 amide bonds. The molecule has 0 aliphatic carbocycles. The summed E-state index contributed by atoms with van der Waals surface area (Å²) in [7, 11) is 1.52. The molecule has 0 saturated carbocycles. The summed E-state index contributed by atoms with van der Waals surface area (Å²) in [5, 5.41) is 20.3. The van der Waals surface area contributed by atoms with Crippen LogP contribution in [0.4, 0.5) is 0 Å². The van der Waals surface area contributed by atoms with Crippen molar-refractivity contribution in [2.45, 2.75) is 39.5 Å². The fourth-order valence-electron chi connectivity index (χ4n) is 3.61. The van der Waals surface area contributed by atoms with Crippen LogP contribution >= 0.6 is 23.2 Å². The molecule has 0 spiro atoms. The van der Waals surface area contributed by atoms with Gasteiger partial charge in [0.2, 0.25) is 0 Å². The van der Waals surface area contributed by atoms with Crippen molar-refractivity contribution >= 4 is 35.0 Å². The molecule has 0 bridgehead atoms. The third kappa shape index (κ3) is 7.92. The van der Waals surface area contributed by atoms with E-state index in [9.17, 15) is 10.5 Å². The summed E-state index contributed by atoms with van der Waals surface area (Å²) < 4.78 is 5.59. The van der Waals surface area contributed by atoms with Crippen LogP contribution < -0.4 is 10.2 Å². The molecule has 8 heteroatoms. The standard InChI is InChI=1S/C28H34Cl2N4O2/c1-6-8-21(18-32-25(7-2)19-33-34(5)35)20-9-11-23(12-10-20)28(3,4)24-15-22(17-31)27(26(30)16-24)36-14-13-29/h7-12,15-16,18,33,35H,6,13-14,19H2,1-5H3/b21-8-,25-7-,32-18+. The fourth-order valence-corrected chi connectivity index (χ4v) is 3.96. The fraction of sp³-hybridized carbons (Fsp3) is 0.357. The number of hydrogen-bond acceptors (Lipinski definition) is 6. The van der Waals surface area contributed by atoms with Crippen molar-refractivity contribution in [1.29, 1.82) is 5.26 Å². The molecular formula is C28H34Cl2N4O2. The molecule has 2 aromatic rings. The summed E-state index contributed by atoms with van der Waals surface area (Å²) in [5.74, 6) is 0.678. The van der Waals surface area contributed by atoms with E-state index in [4.69, 9.17) is 27.9 Å². The zero-order chi connectivity index (χ0) is 26.7. The Labute approximate surface area is 224 Å². The minimum atomic E-state index is -0.401. The number of halogens is 2. The molecule has 0 fully saturated rings. The van der Waals surface area contributed by atoms with Gasteiger partial charge in [-0.05, 0) is 47.7 Å². The van der Waals surface area contributed by atoms with Gasteiger partial charge >= 0.3 is 0 Å². The van der Waals surface area contributed by atoms with Crippen molar-refractivity contribution in [3.8, 4) is 11.8 Å². The number of ether oxygens (including phenoxy) is 1. The monoisotopic (exact) mass is 528 g/mol. The van der Waals surface area contributed by atoms with Gasteiger partial charge in [-0.25, -0.2) is 5.43 Å². The minimum Gasteiger partial charge on any atom is -0.489 e. The Bertz CT molecular complexity index is 1150. The third-order valence-electron chi connectivity index (χ3n) is 5.76. The number of hydrazine groups is 1. The Kier molecular flexibility index (Phi) is 11.6. The average molecular weight is 530 g/mol. The molecule has 0 aliphatic rings. The van der Waals surface area contributed by atoms with Gasteiger partial charge in [0.05, 0.1) is 28.7 Å². The van der Waals surface area contributed by atoms with Gasteiger partial charge in [-0.1, -0.05) is 68.8 Å². The number of nitrogens with one attached hydrogen (secondary N) is 1. The minimum absolute atomic E-state index is 0.279.